The van der Waals surface area contributed by atoms with Gasteiger partial charge >= 0.3 is 0 Å². The van der Waals surface area contributed by atoms with Crippen LogP contribution in [0.25, 0.3) is 0 Å². The summed E-state index contributed by atoms with van der Waals surface area (Å²) in [4.78, 5) is 3.70. The summed E-state index contributed by atoms with van der Waals surface area (Å²) in [5, 5.41) is 0. The summed E-state index contributed by atoms with van der Waals surface area (Å²) < 4.78 is 0. The molecule has 0 aromatic heterocycles. The van der Waals surface area contributed by atoms with E-state index in [4.69, 9.17) is 0 Å². The monoisotopic (exact) mass is 293 g/mol. The number of allylic oxidation sites excluding steroid dienone is 3. The molecule has 106 valence electrons. The largest absolute Gasteiger partial charge is 0.166 e. The van der Waals surface area contributed by atoms with Crippen LogP contribution < -0.4 is 0 Å². The maximum Gasteiger partial charge on any atom is 0.166 e. The van der Waals surface area contributed by atoms with Crippen LogP contribution in [0.15, 0.2) is 106 Å². The third kappa shape index (κ3) is 4.24. The Morgan fingerprint density at radius 1 is 0.857 bits per heavy atom. The van der Waals surface area contributed by atoms with Crippen molar-refractivity contribution in [2.75, 3.05) is 0 Å². The molecule has 0 aliphatic carbocycles. The molecule has 0 fully saturated rings. The van der Waals surface area contributed by atoms with Gasteiger partial charge in [-0.05, 0) is 43.3 Å². The van der Waals surface area contributed by atoms with Crippen molar-refractivity contribution in [1.82, 2.24) is 0 Å². The van der Waals surface area contributed by atoms with Crippen molar-refractivity contribution in [2.24, 2.45) is 0 Å². The van der Waals surface area contributed by atoms with Gasteiger partial charge in [0.25, 0.3) is 0 Å². The Bertz CT molecular complexity index is 584. The number of hydrogen-bond donors (Lipinski definition) is 0. The zero-order chi connectivity index (χ0) is 15.1. The van der Waals surface area contributed by atoms with Gasteiger partial charge in [-0.1, -0.05) is 61.5 Å². The molecule has 0 atom stereocenters. The molecule has 0 saturated carbocycles. The lowest BCUT2D eigenvalue weighted by Crippen LogP contribution is -2.04. The minimum Gasteiger partial charge on any atom is -0.0958 e. The molecular weight excluding hydrogens is 272 g/mol. The van der Waals surface area contributed by atoms with Crippen LogP contribution in [0.4, 0.5) is 0 Å². The Hall–Kier alpha value is -1.99. The maximum atomic E-state index is 4.30. The van der Waals surface area contributed by atoms with E-state index in [2.05, 4.69) is 80.8 Å². The van der Waals surface area contributed by atoms with E-state index in [0.717, 1.165) is 16.9 Å². The second kappa shape index (κ2) is 7.70. The Kier molecular flexibility index (Phi) is 5.65. The smallest absolute Gasteiger partial charge is 0.0958 e. The molecule has 0 aliphatic rings. The lowest BCUT2D eigenvalue weighted by Gasteiger charge is -2.07. The van der Waals surface area contributed by atoms with Crippen LogP contribution in [0.3, 0.4) is 0 Å². The van der Waals surface area contributed by atoms with E-state index in [0.29, 0.717) is 0 Å². The third-order valence-electron chi connectivity index (χ3n) is 3.18. The molecule has 0 bridgehead atoms. The average molecular weight is 293 g/mol. The van der Waals surface area contributed by atoms with Gasteiger partial charge in [-0.25, -0.2) is 0 Å². The summed E-state index contributed by atoms with van der Waals surface area (Å²) >= 11 is 0. The Morgan fingerprint density at radius 2 is 1.33 bits per heavy atom. The van der Waals surface area contributed by atoms with Crippen LogP contribution in [0, 0.1) is 0 Å². The summed E-state index contributed by atoms with van der Waals surface area (Å²) in [6.07, 6.45) is 5.15. The van der Waals surface area contributed by atoms with E-state index in [1.165, 1.54) is 9.79 Å². The molecule has 0 unspecified atom stereocenters. The van der Waals surface area contributed by atoms with Gasteiger partial charge in [0.1, 0.15) is 0 Å². The van der Waals surface area contributed by atoms with Crippen LogP contribution in [-0.2, 0) is 10.9 Å². The first kappa shape index (κ1) is 15.4. The van der Waals surface area contributed by atoms with Gasteiger partial charge in [0.2, 0.25) is 0 Å². The fourth-order valence-electron chi connectivity index (χ4n) is 1.95. The molecule has 2 aromatic carbocycles. The van der Waals surface area contributed by atoms with Gasteiger partial charge in [-0.2, -0.15) is 0 Å². The Labute approximate surface area is 130 Å². The van der Waals surface area contributed by atoms with Gasteiger partial charge in [-0.15, -0.1) is 0 Å². The molecule has 0 amide bonds. The Morgan fingerprint density at radius 3 is 1.76 bits per heavy atom. The van der Waals surface area contributed by atoms with Gasteiger partial charge in [0.15, 0.2) is 14.7 Å². The maximum absolute atomic E-state index is 4.30. The van der Waals surface area contributed by atoms with Gasteiger partial charge in [0.05, 0.1) is 10.9 Å². The zero-order valence-corrected chi connectivity index (χ0v) is 13.3. The van der Waals surface area contributed by atoms with Crippen molar-refractivity contribution in [3.8, 4) is 0 Å². The van der Waals surface area contributed by atoms with Crippen molar-refractivity contribution in [2.45, 2.75) is 23.1 Å². The Balaban J connectivity index is 2.36. The van der Waals surface area contributed by atoms with Crippen LogP contribution in [0.1, 0.15) is 13.3 Å². The number of hydrogen-bond acceptors (Lipinski definition) is 0. The minimum atomic E-state index is -0.137. The van der Waals surface area contributed by atoms with Gasteiger partial charge in [0, 0.05) is 0 Å². The van der Waals surface area contributed by atoms with Crippen molar-refractivity contribution in [3.05, 3.63) is 96.5 Å². The van der Waals surface area contributed by atoms with Crippen molar-refractivity contribution < 1.29 is 0 Å². The van der Waals surface area contributed by atoms with Crippen molar-refractivity contribution in [1.29, 1.82) is 0 Å². The molecule has 2 aromatic rings. The van der Waals surface area contributed by atoms with E-state index >= 15 is 0 Å². The summed E-state index contributed by atoms with van der Waals surface area (Å²) in [6, 6.07) is 21.1. The predicted octanol–water partition coefficient (Wildman–Crippen LogP) is 5.76. The molecule has 0 heterocycles. The van der Waals surface area contributed by atoms with E-state index < -0.39 is 0 Å². The summed E-state index contributed by atoms with van der Waals surface area (Å²) in [5.41, 5.74) is 1.13. The topological polar surface area (TPSA) is 0 Å². The lowest BCUT2D eigenvalue weighted by atomic mass is 10.2. The highest BCUT2D eigenvalue weighted by molar-refractivity contribution is 8.00. The number of benzene rings is 2. The SMILES string of the molecule is C=C(/C=C\C(=C)[S+](c1ccccc1)c1ccccc1)CC. The first-order valence-electron chi connectivity index (χ1n) is 7.11. The highest BCUT2D eigenvalue weighted by Crippen LogP contribution is 2.30. The first-order valence-corrected chi connectivity index (χ1v) is 8.34. The third-order valence-corrected chi connectivity index (χ3v) is 5.33. The average Bonchev–Trinajstić information content (AvgIpc) is 2.55. The molecule has 0 radical (unpaired) electrons. The van der Waals surface area contributed by atoms with Crippen LogP contribution in [0.2, 0.25) is 0 Å². The summed E-state index contributed by atoms with van der Waals surface area (Å²) in [6.45, 7) is 10.4. The van der Waals surface area contributed by atoms with E-state index in [1.54, 1.807) is 0 Å². The van der Waals surface area contributed by atoms with Crippen LogP contribution in [-0.4, -0.2) is 0 Å². The van der Waals surface area contributed by atoms with Crippen molar-refractivity contribution >= 4 is 10.9 Å². The van der Waals surface area contributed by atoms with E-state index in [-0.39, 0.29) is 10.9 Å². The molecule has 2 rings (SSSR count). The predicted molar refractivity (Wildman–Crippen MR) is 94.5 cm³/mol. The fourth-order valence-corrected chi connectivity index (χ4v) is 3.89. The lowest BCUT2D eigenvalue weighted by molar-refractivity contribution is 1.16. The standard InChI is InChI=1S/C20H21S/c1-4-17(2)15-16-18(3)21(19-11-7-5-8-12-19)20-13-9-6-10-14-20/h5-16H,2-4H2,1H3/q+1/b16-15-. The fraction of sp³-hybridized carbons (Fsp3) is 0.100. The molecule has 0 spiro atoms. The molecule has 21 heavy (non-hydrogen) atoms. The molecular formula is C20H21S+. The van der Waals surface area contributed by atoms with Crippen LogP contribution in [0.5, 0.6) is 0 Å². The second-order valence-corrected chi connectivity index (χ2v) is 6.82. The normalized spacial score (nSPS) is 11.0. The van der Waals surface area contributed by atoms with Crippen molar-refractivity contribution in [3.63, 3.8) is 0 Å². The molecule has 1 heteroatoms. The zero-order valence-electron chi connectivity index (χ0n) is 12.5. The molecule has 0 nitrogen and oxygen atoms in total. The van der Waals surface area contributed by atoms with E-state index in [9.17, 15) is 0 Å². The van der Waals surface area contributed by atoms with E-state index in [1.807, 2.05) is 12.1 Å². The van der Waals surface area contributed by atoms with Gasteiger partial charge in [-0.3, -0.25) is 0 Å². The minimum absolute atomic E-state index is 0.137. The summed E-state index contributed by atoms with van der Waals surface area (Å²) in [7, 11) is -0.137. The quantitative estimate of drug-likeness (QED) is 0.469. The van der Waals surface area contributed by atoms with Crippen LogP contribution >= 0.6 is 0 Å². The highest BCUT2D eigenvalue weighted by Gasteiger charge is 2.27. The number of rotatable bonds is 6. The summed E-state index contributed by atoms with van der Waals surface area (Å²) in [5.74, 6) is 0. The molecule has 0 N–H and O–H groups in total. The first-order chi connectivity index (χ1) is 10.2. The molecule has 0 saturated heterocycles. The van der Waals surface area contributed by atoms with Gasteiger partial charge < -0.3 is 0 Å². The molecule has 0 aliphatic heterocycles. The highest BCUT2D eigenvalue weighted by atomic mass is 32.2. The second-order valence-electron chi connectivity index (χ2n) is 4.74.